The Morgan fingerprint density at radius 1 is 0.973 bits per heavy atom. The summed E-state index contributed by atoms with van der Waals surface area (Å²) >= 11 is 1.53. The number of aromatic nitrogens is 3. The van der Waals surface area contributed by atoms with Crippen LogP contribution in [0.3, 0.4) is 0 Å². The van der Waals surface area contributed by atoms with E-state index in [0.29, 0.717) is 5.69 Å². The van der Waals surface area contributed by atoms with Crippen molar-refractivity contribution in [2.24, 2.45) is 0 Å². The van der Waals surface area contributed by atoms with Crippen molar-refractivity contribution < 1.29 is 26.7 Å². The number of nitrogens with zero attached hydrogens (tertiary/aromatic N) is 3. The minimum absolute atomic E-state index is 0.0218. The van der Waals surface area contributed by atoms with Gasteiger partial charge in [0, 0.05) is 23.5 Å². The zero-order valence-electron chi connectivity index (χ0n) is 18.9. The molecule has 0 aliphatic heterocycles. The highest BCUT2D eigenvalue weighted by molar-refractivity contribution is 7.92. The van der Waals surface area contributed by atoms with Gasteiger partial charge in [-0.15, -0.1) is 11.3 Å². The molecule has 190 valence electrons. The number of imidazole rings is 1. The van der Waals surface area contributed by atoms with Crippen LogP contribution in [0, 0.1) is 0 Å². The number of rotatable bonds is 6. The molecule has 0 aliphatic rings. The largest absolute Gasteiger partial charge is 0.501 e. The van der Waals surface area contributed by atoms with E-state index in [4.69, 9.17) is 0 Å². The van der Waals surface area contributed by atoms with E-state index in [1.165, 1.54) is 15.9 Å². The van der Waals surface area contributed by atoms with Gasteiger partial charge in [0.25, 0.3) is 9.84 Å². The van der Waals surface area contributed by atoms with Crippen LogP contribution in [0.15, 0.2) is 88.1 Å². The molecule has 0 atom stereocenters. The summed E-state index contributed by atoms with van der Waals surface area (Å²) in [5.74, 6) is -0.388. The molecule has 1 N–H and O–H groups in total. The number of sulfone groups is 1. The molecule has 0 spiro atoms. The van der Waals surface area contributed by atoms with Crippen LogP contribution in [0.5, 0.6) is 5.88 Å². The van der Waals surface area contributed by atoms with Crippen LogP contribution in [0.25, 0.3) is 15.8 Å². The molecule has 3 aromatic heterocycles. The number of hydrogen-bond donors (Lipinski definition) is 1. The Balaban J connectivity index is 1.63. The van der Waals surface area contributed by atoms with Crippen LogP contribution in [-0.2, 0) is 22.8 Å². The summed E-state index contributed by atoms with van der Waals surface area (Å²) in [6.07, 6.45) is 3.36. The maximum Gasteiger partial charge on any atom is 0.501 e. The van der Waals surface area contributed by atoms with Crippen molar-refractivity contribution in [1.82, 2.24) is 14.1 Å². The summed E-state index contributed by atoms with van der Waals surface area (Å²) in [6, 6.07) is 14.8. The third-order valence-electron chi connectivity index (χ3n) is 5.94. The Kier molecular flexibility index (Phi) is 6.16. The van der Waals surface area contributed by atoms with Gasteiger partial charge in [-0.2, -0.15) is 13.2 Å². The van der Waals surface area contributed by atoms with Gasteiger partial charge < -0.3 is 5.11 Å². The third kappa shape index (κ3) is 4.42. The molecule has 5 aromatic rings. The summed E-state index contributed by atoms with van der Waals surface area (Å²) in [4.78, 5) is 16.5. The molecule has 5 rings (SSSR count). The maximum absolute atomic E-state index is 13.5. The van der Waals surface area contributed by atoms with E-state index < -0.39 is 25.9 Å². The fourth-order valence-corrected chi connectivity index (χ4v) is 5.80. The monoisotopic (exact) mass is 545 g/mol. The van der Waals surface area contributed by atoms with Crippen LogP contribution in [-0.4, -0.2) is 33.2 Å². The van der Waals surface area contributed by atoms with Gasteiger partial charge in [0.1, 0.15) is 0 Å². The Morgan fingerprint density at radius 3 is 2.32 bits per heavy atom. The standard InChI is InChI=1S/C25H18F3N3O4S2/c26-25(27,28)37(34,35)19-7-5-18(6-8-19)31-23(32)21(13-17-15-36-22-4-2-1-3-20(17)22)30(24(31)33)14-16-9-11-29-12-10-16/h1-12,15,32H,13-14H2. The molecule has 12 heteroatoms. The number of alkyl halides is 3. The average Bonchev–Trinajstić information content (AvgIpc) is 3.38. The Bertz CT molecular complexity index is 1760. The Labute approximate surface area is 212 Å². The van der Waals surface area contributed by atoms with Crippen molar-refractivity contribution >= 4 is 31.3 Å². The number of pyridine rings is 1. The van der Waals surface area contributed by atoms with E-state index >= 15 is 0 Å². The molecule has 0 amide bonds. The second kappa shape index (κ2) is 9.20. The number of thiophene rings is 1. The lowest BCUT2D eigenvalue weighted by Gasteiger charge is -2.09. The normalized spacial score (nSPS) is 12.3. The first kappa shape index (κ1) is 24.8. The lowest BCUT2D eigenvalue weighted by Crippen LogP contribution is -2.25. The molecule has 0 unspecified atom stereocenters. The summed E-state index contributed by atoms with van der Waals surface area (Å²) in [6.45, 7) is 0.111. The van der Waals surface area contributed by atoms with Crippen molar-refractivity contribution in [2.45, 2.75) is 23.4 Å². The number of aromatic hydroxyl groups is 1. The minimum Gasteiger partial charge on any atom is -0.493 e. The van der Waals surface area contributed by atoms with Crippen molar-refractivity contribution in [3.63, 3.8) is 0 Å². The molecule has 0 aliphatic carbocycles. The number of fused-ring (bicyclic) bond motifs is 1. The van der Waals surface area contributed by atoms with Crippen LogP contribution < -0.4 is 5.69 Å². The minimum atomic E-state index is -5.55. The SMILES string of the molecule is O=c1n(Cc2ccncc2)c(Cc2csc3ccccc23)c(O)n1-c1ccc(S(=O)(=O)C(F)(F)F)cc1. The third-order valence-corrected chi connectivity index (χ3v) is 8.45. The van der Waals surface area contributed by atoms with Gasteiger partial charge in [-0.25, -0.2) is 17.8 Å². The highest BCUT2D eigenvalue weighted by Gasteiger charge is 2.46. The summed E-state index contributed by atoms with van der Waals surface area (Å²) in [5.41, 5.74) is -4.13. The molecule has 0 saturated heterocycles. The van der Waals surface area contributed by atoms with Gasteiger partial charge in [-0.1, -0.05) is 18.2 Å². The van der Waals surface area contributed by atoms with Crippen molar-refractivity contribution in [3.05, 3.63) is 106 Å². The topological polar surface area (TPSA) is 94.2 Å². The first-order chi connectivity index (χ1) is 17.6. The number of hydrogen-bond acceptors (Lipinski definition) is 6. The first-order valence-corrected chi connectivity index (χ1v) is 13.2. The van der Waals surface area contributed by atoms with Crippen molar-refractivity contribution in [2.75, 3.05) is 0 Å². The second-order valence-electron chi connectivity index (χ2n) is 8.21. The van der Waals surface area contributed by atoms with Gasteiger partial charge >= 0.3 is 11.2 Å². The van der Waals surface area contributed by atoms with E-state index in [-0.39, 0.29) is 24.5 Å². The van der Waals surface area contributed by atoms with E-state index in [0.717, 1.165) is 50.0 Å². The summed E-state index contributed by atoms with van der Waals surface area (Å²) in [7, 11) is -5.55. The highest BCUT2D eigenvalue weighted by atomic mass is 32.2. The lowest BCUT2D eigenvalue weighted by molar-refractivity contribution is -0.0436. The smallest absolute Gasteiger partial charge is 0.493 e. The Morgan fingerprint density at radius 2 is 1.65 bits per heavy atom. The molecular weight excluding hydrogens is 527 g/mol. The number of benzene rings is 2. The van der Waals surface area contributed by atoms with Gasteiger partial charge in [0.05, 0.1) is 22.8 Å². The van der Waals surface area contributed by atoms with Gasteiger partial charge in [0.2, 0.25) is 5.88 Å². The molecule has 0 fully saturated rings. The molecule has 0 saturated carbocycles. The predicted octanol–water partition coefficient (Wildman–Crippen LogP) is 4.89. The van der Waals surface area contributed by atoms with Gasteiger partial charge in [-0.05, 0) is 64.4 Å². The first-order valence-electron chi connectivity index (χ1n) is 10.9. The highest BCUT2D eigenvalue weighted by Crippen LogP contribution is 2.33. The van der Waals surface area contributed by atoms with E-state index in [9.17, 15) is 31.5 Å². The van der Waals surface area contributed by atoms with E-state index in [2.05, 4.69) is 4.98 Å². The second-order valence-corrected chi connectivity index (χ2v) is 11.1. The average molecular weight is 546 g/mol. The summed E-state index contributed by atoms with van der Waals surface area (Å²) < 4.78 is 65.6. The lowest BCUT2D eigenvalue weighted by atomic mass is 10.1. The summed E-state index contributed by atoms with van der Waals surface area (Å²) in [5, 5.41) is 14.1. The molecule has 0 bridgehead atoms. The molecular formula is C25H18F3N3O4S2. The zero-order chi connectivity index (χ0) is 26.4. The maximum atomic E-state index is 13.5. The molecule has 0 radical (unpaired) electrons. The fourth-order valence-electron chi connectivity index (χ4n) is 4.08. The molecule has 37 heavy (non-hydrogen) atoms. The Hall–Kier alpha value is -3.90. The van der Waals surface area contributed by atoms with Crippen LogP contribution in [0.2, 0.25) is 0 Å². The predicted molar refractivity (Wildman–Crippen MR) is 133 cm³/mol. The van der Waals surface area contributed by atoms with Gasteiger partial charge in [0.15, 0.2) is 0 Å². The van der Waals surface area contributed by atoms with Gasteiger partial charge in [-0.3, -0.25) is 9.55 Å². The van der Waals surface area contributed by atoms with Crippen molar-refractivity contribution in [3.8, 4) is 11.6 Å². The molecule has 7 nitrogen and oxygen atoms in total. The molecule has 2 aromatic carbocycles. The zero-order valence-corrected chi connectivity index (χ0v) is 20.5. The van der Waals surface area contributed by atoms with E-state index in [1.807, 2.05) is 29.6 Å². The van der Waals surface area contributed by atoms with E-state index in [1.54, 1.807) is 24.5 Å². The van der Waals surface area contributed by atoms with Crippen LogP contribution >= 0.6 is 11.3 Å². The number of halogens is 3. The molecule has 3 heterocycles. The fraction of sp³-hybridized carbons (Fsp3) is 0.120. The van der Waals surface area contributed by atoms with Crippen molar-refractivity contribution in [1.29, 1.82) is 0 Å². The van der Waals surface area contributed by atoms with Crippen LogP contribution in [0.4, 0.5) is 13.2 Å². The quantitative estimate of drug-likeness (QED) is 0.328. The van der Waals surface area contributed by atoms with Crippen LogP contribution in [0.1, 0.15) is 16.8 Å².